The zero-order valence-corrected chi connectivity index (χ0v) is 16.2. The fourth-order valence-corrected chi connectivity index (χ4v) is 2.58. The van der Waals surface area contributed by atoms with Crippen LogP contribution in [0.25, 0.3) is 11.1 Å². The summed E-state index contributed by atoms with van der Waals surface area (Å²) in [4.78, 5) is 16.5. The van der Waals surface area contributed by atoms with E-state index in [1.54, 1.807) is 26.2 Å². The topological polar surface area (TPSA) is 112 Å². The molecule has 1 unspecified atom stereocenters. The van der Waals surface area contributed by atoms with Crippen molar-refractivity contribution in [3.63, 3.8) is 0 Å². The van der Waals surface area contributed by atoms with Gasteiger partial charge >= 0.3 is 0 Å². The number of carbonyl (C=O) groups is 1. The smallest absolute Gasteiger partial charge is 0.262 e. The predicted molar refractivity (Wildman–Crippen MR) is 105 cm³/mol. The standard InChI is InChI=1S/C20H21FN4O4/c1-11(27-3)9-28-17-6-4-13(21)8-15(17)14-5-7-18(23-19(14)22)24-20(26)16-10-29-25-12(16)2/h4-8,10-11H,9H2,1-3H3,(H3,22,23,24,26). The van der Waals surface area contributed by atoms with Gasteiger partial charge in [0.15, 0.2) is 0 Å². The number of ether oxygens (including phenoxy) is 2. The lowest BCUT2D eigenvalue weighted by Gasteiger charge is -2.16. The van der Waals surface area contributed by atoms with Gasteiger partial charge in [-0.3, -0.25) is 4.79 Å². The van der Waals surface area contributed by atoms with Gasteiger partial charge in [0.1, 0.15) is 41.6 Å². The van der Waals surface area contributed by atoms with E-state index in [2.05, 4.69) is 15.5 Å². The van der Waals surface area contributed by atoms with Crippen molar-refractivity contribution in [3.8, 4) is 16.9 Å². The molecule has 9 heteroatoms. The van der Waals surface area contributed by atoms with Crippen LogP contribution >= 0.6 is 0 Å². The number of hydrogen-bond donors (Lipinski definition) is 2. The van der Waals surface area contributed by atoms with Gasteiger partial charge in [-0.25, -0.2) is 9.37 Å². The molecule has 3 aromatic rings. The van der Waals surface area contributed by atoms with E-state index in [-0.39, 0.29) is 24.3 Å². The third-order valence-electron chi connectivity index (χ3n) is 4.27. The Morgan fingerprint density at radius 2 is 2.10 bits per heavy atom. The highest BCUT2D eigenvalue weighted by Gasteiger charge is 2.16. The van der Waals surface area contributed by atoms with Crippen molar-refractivity contribution in [1.29, 1.82) is 0 Å². The summed E-state index contributed by atoms with van der Waals surface area (Å²) in [7, 11) is 1.58. The van der Waals surface area contributed by atoms with Gasteiger partial charge in [0.05, 0.1) is 11.8 Å². The molecular formula is C20H21FN4O4. The first-order valence-corrected chi connectivity index (χ1v) is 8.83. The van der Waals surface area contributed by atoms with Gasteiger partial charge in [-0.1, -0.05) is 5.16 Å². The van der Waals surface area contributed by atoms with E-state index in [0.29, 0.717) is 28.1 Å². The Morgan fingerprint density at radius 1 is 1.31 bits per heavy atom. The van der Waals surface area contributed by atoms with E-state index in [1.807, 2.05) is 6.92 Å². The largest absolute Gasteiger partial charge is 0.490 e. The van der Waals surface area contributed by atoms with E-state index in [4.69, 9.17) is 19.7 Å². The highest BCUT2D eigenvalue weighted by Crippen LogP contribution is 2.34. The van der Waals surface area contributed by atoms with Gasteiger partial charge in [-0.15, -0.1) is 0 Å². The number of benzene rings is 1. The minimum atomic E-state index is -0.438. The van der Waals surface area contributed by atoms with Crippen LogP contribution in [0.15, 0.2) is 41.1 Å². The van der Waals surface area contributed by atoms with Gasteiger partial charge in [0.2, 0.25) is 0 Å². The SMILES string of the molecule is COC(C)COc1ccc(F)cc1-c1ccc(NC(=O)c2conc2C)nc1N. The van der Waals surface area contributed by atoms with Crippen LogP contribution in [-0.4, -0.2) is 35.9 Å². The third-order valence-corrected chi connectivity index (χ3v) is 4.27. The molecule has 0 saturated carbocycles. The highest BCUT2D eigenvalue weighted by molar-refractivity contribution is 6.04. The van der Waals surface area contributed by atoms with Crippen LogP contribution in [0, 0.1) is 12.7 Å². The predicted octanol–water partition coefficient (Wildman–Crippen LogP) is 3.43. The number of halogens is 1. The molecule has 0 radical (unpaired) electrons. The summed E-state index contributed by atoms with van der Waals surface area (Å²) in [5.74, 6) is -0.0666. The number of anilines is 2. The second-order valence-corrected chi connectivity index (χ2v) is 6.39. The Balaban J connectivity index is 1.86. The summed E-state index contributed by atoms with van der Waals surface area (Å²) in [5, 5.41) is 6.29. The molecule has 0 aliphatic rings. The van der Waals surface area contributed by atoms with E-state index in [1.165, 1.54) is 24.5 Å². The van der Waals surface area contributed by atoms with Crippen molar-refractivity contribution in [2.24, 2.45) is 0 Å². The van der Waals surface area contributed by atoms with Crippen LogP contribution in [0.4, 0.5) is 16.0 Å². The average molecular weight is 400 g/mol. The molecule has 0 saturated heterocycles. The van der Waals surface area contributed by atoms with E-state index < -0.39 is 11.7 Å². The second-order valence-electron chi connectivity index (χ2n) is 6.39. The lowest BCUT2D eigenvalue weighted by Crippen LogP contribution is -2.16. The molecule has 2 aromatic heterocycles. The summed E-state index contributed by atoms with van der Waals surface area (Å²) in [6, 6.07) is 7.35. The highest BCUT2D eigenvalue weighted by atomic mass is 19.1. The molecule has 0 bridgehead atoms. The third kappa shape index (κ3) is 4.69. The van der Waals surface area contributed by atoms with Crippen molar-refractivity contribution >= 4 is 17.5 Å². The van der Waals surface area contributed by atoms with Crippen LogP contribution in [0.1, 0.15) is 23.0 Å². The number of carbonyl (C=O) groups excluding carboxylic acids is 1. The summed E-state index contributed by atoms with van der Waals surface area (Å²) in [6.45, 7) is 3.79. The summed E-state index contributed by atoms with van der Waals surface area (Å²) in [5.41, 5.74) is 7.76. The van der Waals surface area contributed by atoms with E-state index >= 15 is 0 Å². The second kappa shape index (κ2) is 8.70. The summed E-state index contributed by atoms with van der Waals surface area (Å²) < 4.78 is 29.5. The molecule has 0 aliphatic carbocycles. The molecule has 152 valence electrons. The van der Waals surface area contributed by atoms with Crippen LogP contribution in [0.5, 0.6) is 5.75 Å². The van der Waals surface area contributed by atoms with Crippen molar-refractivity contribution in [2.45, 2.75) is 20.0 Å². The molecule has 29 heavy (non-hydrogen) atoms. The minimum absolute atomic E-state index is 0.111. The Kier molecular flexibility index (Phi) is 6.08. The molecular weight excluding hydrogens is 379 g/mol. The van der Waals surface area contributed by atoms with Crippen molar-refractivity contribution in [2.75, 3.05) is 24.8 Å². The van der Waals surface area contributed by atoms with Crippen LogP contribution in [0.3, 0.4) is 0 Å². The molecule has 1 aromatic carbocycles. The number of rotatable bonds is 7. The van der Waals surface area contributed by atoms with Crippen LogP contribution < -0.4 is 15.8 Å². The van der Waals surface area contributed by atoms with Gasteiger partial charge in [-0.05, 0) is 44.2 Å². The van der Waals surface area contributed by atoms with E-state index in [0.717, 1.165) is 0 Å². The molecule has 2 heterocycles. The Hall–Kier alpha value is -3.46. The quantitative estimate of drug-likeness (QED) is 0.625. The molecule has 8 nitrogen and oxygen atoms in total. The normalized spacial score (nSPS) is 11.9. The summed E-state index contributed by atoms with van der Waals surface area (Å²) in [6.07, 6.45) is 1.11. The first kappa shape index (κ1) is 20.3. The Morgan fingerprint density at radius 3 is 2.76 bits per heavy atom. The van der Waals surface area contributed by atoms with Crippen LogP contribution in [-0.2, 0) is 4.74 Å². The molecule has 3 rings (SSSR count). The van der Waals surface area contributed by atoms with Crippen molar-refractivity contribution < 1.29 is 23.2 Å². The number of nitrogen functional groups attached to an aromatic ring is 1. The average Bonchev–Trinajstić information content (AvgIpc) is 3.13. The lowest BCUT2D eigenvalue weighted by molar-refractivity contribution is 0.0718. The molecule has 1 amide bonds. The number of aryl methyl sites for hydroxylation is 1. The maximum absolute atomic E-state index is 13.9. The number of pyridine rings is 1. The van der Waals surface area contributed by atoms with Crippen LogP contribution in [0.2, 0.25) is 0 Å². The zero-order chi connectivity index (χ0) is 21.0. The van der Waals surface area contributed by atoms with Crippen molar-refractivity contribution in [1.82, 2.24) is 10.1 Å². The molecule has 3 N–H and O–H groups in total. The van der Waals surface area contributed by atoms with Gasteiger partial charge in [-0.2, -0.15) is 0 Å². The number of nitrogens with two attached hydrogens (primary N) is 1. The number of aromatic nitrogens is 2. The fraction of sp³-hybridized carbons (Fsp3) is 0.250. The Bertz CT molecular complexity index is 1020. The monoisotopic (exact) mass is 400 g/mol. The maximum Gasteiger partial charge on any atom is 0.262 e. The fourth-order valence-electron chi connectivity index (χ4n) is 2.58. The lowest BCUT2D eigenvalue weighted by atomic mass is 10.0. The number of methoxy groups -OCH3 is 1. The zero-order valence-electron chi connectivity index (χ0n) is 16.2. The molecule has 0 fully saturated rings. The molecule has 1 atom stereocenters. The van der Waals surface area contributed by atoms with Gasteiger partial charge in [0, 0.05) is 18.2 Å². The van der Waals surface area contributed by atoms with Crippen molar-refractivity contribution in [3.05, 3.63) is 53.7 Å². The first-order valence-electron chi connectivity index (χ1n) is 8.83. The van der Waals surface area contributed by atoms with Gasteiger partial charge < -0.3 is 25.0 Å². The molecule has 0 aliphatic heterocycles. The number of nitrogens with zero attached hydrogens (tertiary/aromatic N) is 2. The number of nitrogens with one attached hydrogen (secondary N) is 1. The van der Waals surface area contributed by atoms with Gasteiger partial charge in [0.25, 0.3) is 5.91 Å². The Labute approximate surface area is 166 Å². The number of hydrogen-bond acceptors (Lipinski definition) is 7. The molecule has 0 spiro atoms. The number of amides is 1. The van der Waals surface area contributed by atoms with E-state index in [9.17, 15) is 9.18 Å². The maximum atomic E-state index is 13.9. The summed E-state index contributed by atoms with van der Waals surface area (Å²) >= 11 is 0. The first-order chi connectivity index (χ1) is 13.9. The minimum Gasteiger partial charge on any atom is -0.490 e.